The first-order chi connectivity index (χ1) is 7.83. The molecular weight excluding hydrogens is 200 g/mol. The van der Waals surface area contributed by atoms with E-state index in [2.05, 4.69) is 9.88 Å². The number of aromatic nitrogens is 1. The van der Waals surface area contributed by atoms with Gasteiger partial charge in [0.15, 0.2) is 6.29 Å². The van der Waals surface area contributed by atoms with Gasteiger partial charge in [-0.15, -0.1) is 0 Å². The molecule has 0 aliphatic heterocycles. The Kier molecular flexibility index (Phi) is 3.54. The van der Waals surface area contributed by atoms with Gasteiger partial charge in [-0.1, -0.05) is 19.3 Å². The third kappa shape index (κ3) is 2.23. The van der Waals surface area contributed by atoms with Crippen LogP contribution in [0.3, 0.4) is 0 Å². The Bertz CT molecular complexity index is 359. The summed E-state index contributed by atoms with van der Waals surface area (Å²) in [6, 6.07) is 4.18. The number of aldehydes is 1. The molecule has 1 fully saturated rings. The zero-order valence-corrected chi connectivity index (χ0v) is 9.72. The van der Waals surface area contributed by atoms with E-state index < -0.39 is 0 Å². The molecule has 2 rings (SSSR count). The molecule has 0 N–H and O–H groups in total. The number of anilines is 1. The Morgan fingerprint density at radius 3 is 2.81 bits per heavy atom. The van der Waals surface area contributed by atoms with Gasteiger partial charge in [0.2, 0.25) is 0 Å². The van der Waals surface area contributed by atoms with Gasteiger partial charge in [-0.05, 0) is 25.0 Å². The van der Waals surface area contributed by atoms with E-state index >= 15 is 0 Å². The zero-order chi connectivity index (χ0) is 11.4. The van der Waals surface area contributed by atoms with Crippen LogP contribution in [0.1, 0.15) is 42.5 Å². The van der Waals surface area contributed by atoms with Crippen molar-refractivity contribution >= 4 is 12.1 Å². The first-order valence-electron chi connectivity index (χ1n) is 5.96. The Labute approximate surface area is 96.5 Å². The van der Waals surface area contributed by atoms with Gasteiger partial charge in [-0.3, -0.25) is 4.79 Å². The van der Waals surface area contributed by atoms with Gasteiger partial charge in [-0.25, -0.2) is 4.98 Å². The van der Waals surface area contributed by atoms with Gasteiger partial charge in [0.25, 0.3) is 0 Å². The highest BCUT2D eigenvalue weighted by atomic mass is 16.1. The summed E-state index contributed by atoms with van der Waals surface area (Å²) in [6.07, 6.45) is 8.99. The van der Waals surface area contributed by atoms with Crippen molar-refractivity contribution in [1.82, 2.24) is 4.98 Å². The van der Waals surface area contributed by atoms with Crippen LogP contribution < -0.4 is 4.90 Å². The van der Waals surface area contributed by atoms with E-state index in [9.17, 15) is 4.79 Å². The first kappa shape index (κ1) is 11.1. The van der Waals surface area contributed by atoms with Gasteiger partial charge in [0, 0.05) is 19.3 Å². The Morgan fingerprint density at radius 1 is 1.38 bits per heavy atom. The minimum Gasteiger partial charge on any atom is -0.356 e. The average Bonchev–Trinajstić information content (AvgIpc) is 2.39. The minimum absolute atomic E-state index is 0.544. The van der Waals surface area contributed by atoms with Crippen molar-refractivity contribution in [2.45, 2.75) is 38.1 Å². The molecule has 3 heteroatoms. The van der Waals surface area contributed by atoms with Crippen molar-refractivity contribution in [1.29, 1.82) is 0 Å². The smallest absolute Gasteiger partial charge is 0.153 e. The fourth-order valence-electron chi connectivity index (χ4n) is 2.44. The molecule has 0 unspecified atom stereocenters. The molecule has 16 heavy (non-hydrogen) atoms. The third-order valence-electron chi connectivity index (χ3n) is 3.40. The second kappa shape index (κ2) is 5.10. The predicted octanol–water partition coefficient (Wildman–Crippen LogP) is 2.66. The van der Waals surface area contributed by atoms with Crippen molar-refractivity contribution in [3.63, 3.8) is 0 Å². The van der Waals surface area contributed by atoms with Crippen molar-refractivity contribution in [3.05, 3.63) is 23.9 Å². The topological polar surface area (TPSA) is 33.2 Å². The number of rotatable bonds is 3. The number of carbonyl (C=O) groups is 1. The highest BCUT2D eigenvalue weighted by molar-refractivity contribution is 5.82. The van der Waals surface area contributed by atoms with Crippen LogP contribution >= 0.6 is 0 Å². The van der Waals surface area contributed by atoms with Gasteiger partial charge in [-0.2, -0.15) is 0 Å². The van der Waals surface area contributed by atoms with Gasteiger partial charge in [0.1, 0.15) is 5.82 Å². The van der Waals surface area contributed by atoms with E-state index in [1.165, 1.54) is 32.1 Å². The van der Waals surface area contributed by atoms with E-state index in [0.29, 0.717) is 11.6 Å². The molecular formula is C13H18N2O. The first-order valence-corrected chi connectivity index (χ1v) is 5.96. The summed E-state index contributed by atoms with van der Waals surface area (Å²) in [6.45, 7) is 0. The molecule has 1 heterocycles. The maximum Gasteiger partial charge on any atom is 0.153 e. The molecule has 1 saturated carbocycles. The number of pyridine rings is 1. The standard InChI is InChI=1S/C13H18N2O/c1-15(12-7-3-2-4-8-12)13-11(10-16)6-5-9-14-13/h5-6,9-10,12H,2-4,7-8H2,1H3. The van der Waals surface area contributed by atoms with Gasteiger partial charge < -0.3 is 4.90 Å². The van der Waals surface area contributed by atoms with Gasteiger partial charge in [0.05, 0.1) is 5.56 Å². The lowest BCUT2D eigenvalue weighted by Gasteiger charge is -2.32. The number of carbonyl (C=O) groups excluding carboxylic acids is 1. The fraction of sp³-hybridized carbons (Fsp3) is 0.538. The molecule has 0 saturated heterocycles. The van der Waals surface area contributed by atoms with E-state index in [1.807, 2.05) is 19.2 Å². The summed E-state index contributed by atoms with van der Waals surface area (Å²) in [7, 11) is 2.05. The van der Waals surface area contributed by atoms with E-state index in [0.717, 1.165) is 12.1 Å². The largest absolute Gasteiger partial charge is 0.356 e. The molecule has 3 nitrogen and oxygen atoms in total. The van der Waals surface area contributed by atoms with E-state index in [-0.39, 0.29) is 0 Å². The van der Waals surface area contributed by atoms with Crippen LogP contribution in [0.4, 0.5) is 5.82 Å². The summed E-state index contributed by atoms with van der Waals surface area (Å²) in [5.74, 6) is 0.824. The lowest BCUT2D eigenvalue weighted by Crippen LogP contribution is -2.34. The van der Waals surface area contributed by atoms with Crippen LogP contribution in [0.5, 0.6) is 0 Å². The quantitative estimate of drug-likeness (QED) is 0.731. The Hall–Kier alpha value is -1.38. The van der Waals surface area contributed by atoms with E-state index in [1.54, 1.807) is 6.20 Å². The fourth-order valence-corrected chi connectivity index (χ4v) is 2.44. The molecule has 1 aromatic heterocycles. The normalized spacial score (nSPS) is 17.1. The number of hydrogen-bond acceptors (Lipinski definition) is 3. The Morgan fingerprint density at radius 2 is 2.12 bits per heavy atom. The summed E-state index contributed by atoms with van der Waals surface area (Å²) in [5, 5.41) is 0. The van der Waals surface area contributed by atoms with Crippen LogP contribution in [0, 0.1) is 0 Å². The molecule has 0 bridgehead atoms. The SMILES string of the molecule is CN(c1ncccc1C=O)C1CCCCC1. The third-order valence-corrected chi connectivity index (χ3v) is 3.40. The lowest BCUT2D eigenvalue weighted by atomic mass is 9.94. The van der Waals surface area contributed by atoms with Crippen molar-refractivity contribution < 1.29 is 4.79 Å². The van der Waals surface area contributed by atoms with Crippen molar-refractivity contribution in [3.8, 4) is 0 Å². The number of hydrogen-bond donors (Lipinski definition) is 0. The summed E-state index contributed by atoms with van der Waals surface area (Å²) in [4.78, 5) is 17.4. The summed E-state index contributed by atoms with van der Waals surface area (Å²) in [5.41, 5.74) is 0.690. The molecule has 0 amide bonds. The summed E-state index contributed by atoms with van der Waals surface area (Å²) >= 11 is 0. The van der Waals surface area contributed by atoms with Crippen molar-refractivity contribution in [2.24, 2.45) is 0 Å². The van der Waals surface area contributed by atoms with Crippen LogP contribution in [0.2, 0.25) is 0 Å². The highest BCUT2D eigenvalue weighted by Gasteiger charge is 2.20. The minimum atomic E-state index is 0.544. The predicted molar refractivity (Wildman–Crippen MR) is 64.9 cm³/mol. The lowest BCUT2D eigenvalue weighted by molar-refractivity contribution is 0.112. The molecule has 86 valence electrons. The van der Waals surface area contributed by atoms with E-state index in [4.69, 9.17) is 0 Å². The highest BCUT2D eigenvalue weighted by Crippen LogP contribution is 2.26. The molecule has 1 aliphatic rings. The maximum atomic E-state index is 10.9. The molecule has 0 spiro atoms. The second-order valence-corrected chi connectivity index (χ2v) is 4.44. The molecule has 0 atom stereocenters. The molecule has 1 aromatic rings. The van der Waals surface area contributed by atoms with Gasteiger partial charge >= 0.3 is 0 Å². The van der Waals surface area contributed by atoms with Crippen LogP contribution in [0.25, 0.3) is 0 Å². The number of nitrogens with zero attached hydrogens (tertiary/aromatic N) is 2. The zero-order valence-electron chi connectivity index (χ0n) is 9.72. The van der Waals surface area contributed by atoms with Crippen molar-refractivity contribution in [2.75, 3.05) is 11.9 Å². The molecule has 0 radical (unpaired) electrons. The van der Waals surface area contributed by atoms with Crippen LogP contribution in [-0.4, -0.2) is 24.4 Å². The van der Waals surface area contributed by atoms with Crippen LogP contribution in [0.15, 0.2) is 18.3 Å². The Balaban J connectivity index is 2.18. The molecule has 0 aromatic carbocycles. The monoisotopic (exact) mass is 218 g/mol. The maximum absolute atomic E-state index is 10.9. The second-order valence-electron chi connectivity index (χ2n) is 4.44. The summed E-state index contributed by atoms with van der Waals surface area (Å²) < 4.78 is 0. The molecule has 1 aliphatic carbocycles. The van der Waals surface area contributed by atoms with Crippen LogP contribution in [-0.2, 0) is 0 Å². The average molecular weight is 218 g/mol.